The topological polar surface area (TPSA) is 68.0 Å². The Morgan fingerprint density at radius 3 is 2.72 bits per heavy atom. The van der Waals surface area contributed by atoms with E-state index in [1.165, 1.54) is 12.3 Å². The highest BCUT2D eigenvalue weighted by Crippen LogP contribution is 2.29. The number of benzene rings is 1. The molecule has 0 aliphatic rings. The molecule has 0 bridgehead atoms. The Kier molecular flexibility index (Phi) is 3.72. The van der Waals surface area contributed by atoms with Crippen LogP contribution in [0.15, 0.2) is 36.5 Å². The first-order valence-corrected chi connectivity index (χ1v) is 5.46. The molecule has 1 aromatic heterocycles. The molecule has 0 amide bonds. The van der Waals surface area contributed by atoms with Crippen molar-refractivity contribution in [1.29, 1.82) is 5.26 Å². The molecule has 5 nitrogen and oxygen atoms in total. The van der Waals surface area contributed by atoms with Gasteiger partial charge in [0, 0.05) is 6.20 Å². The Hall–Kier alpha value is -2.61. The quantitative estimate of drug-likeness (QED) is 0.822. The summed E-state index contributed by atoms with van der Waals surface area (Å²) >= 11 is 0. The van der Waals surface area contributed by atoms with Gasteiger partial charge in [-0.15, -0.1) is 0 Å². The van der Waals surface area contributed by atoms with Crippen molar-refractivity contribution in [2.75, 3.05) is 6.61 Å². The van der Waals surface area contributed by atoms with E-state index < -0.39 is 0 Å². The Bertz CT molecular complexity index is 578. The van der Waals surface area contributed by atoms with Gasteiger partial charge in [0.1, 0.15) is 11.8 Å². The van der Waals surface area contributed by atoms with E-state index in [9.17, 15) is 0 Å². The fourth-order valence-corrected chi connectivity index (χ4v) is 1.36. The van der Waals surface area contributed by atoms with Crippen molar-refractivity contribution in [3.8, 4) is 23.6 Å². The molecule has 0 unspecified atom stereocenters. The summed E-state index contributed by atoms with van der Waals surface area (Å²) < 4.78 is 10.9. The molecule has 0 fully saturated rings. The average Bonchev–Trinajstić information content (AvgIpc) is 2.41. The number of rotatable bonds is 4. The Balaban J connectivity index is 2.25. The second-order valence-electron chi connectivity index (χ2n) is 3.32. The summed E-state index contributed by atoms with van der Waals surface area (Å²) in [6.07, 6.45) is 1.48. The van der Waals surface area contributed by atoms with Gasteiger partial charge in [-0.25, -0.2) is 4.98 Å². The summed E-state index contributed by atoms with van der Waals surface area (Å²) in [6, 6.07) is 10.8. The normalized spacial score (nSPS) is 9.56. The highest BCUT2D eigenvalue weighted by atomic mass is 16.5. The summed E-state index contributed by atoms with van der Waals surface area (Å²) in [7, 11) is 0. The van der Waals surface area contributed by atoms with Crippen LogP contribution in [0, 0.1) is 11.3 Å². The van der Waals surface area contributed by atoms with Gasteiger partial charge in [-0.05, 0) is 25.1 Å². The van der Waals surface area contributed by atoms with Gasteiger partial charge < -0.3 is 9.47 Å². The highest BCUT2D eigenvalue weighted by molar-refractivity contribution is 5.41. The lowest BCUT2D eigenvalue weighted by Gasteiger charge is -2.09. The lowest BCUT2D eigenvalue weighted by Crippen LogP contribution is -1.97. The van der Waals surface area contributed by atoms with Gasteiger partial charge in [0.15, 0.2) is 11.5 Å². The minimum absolute atomic E-state index is 0.126. The zero-order valence-corrected chi connectivity index (χ0v) is 9.83. The number of nitriles is 1. The minimum atomic E-state index is 0.126. The molecule has 0 saturated carbocycles. The molecule has 5 heteroatoms. The number of aromatic nitrogens is 2. The van der Waals surface area contributed by atoms with E-state index in [-0.39, 0.29) is 11.7 Å². The van der Waals surface area contributed by atoms with Crippen molar-refractivity contribution in [2.45, 2.75) is 6.92 Å². The minimum Gasteiger partial charge on any atom is -0.490 e. The molecule has 90 valence electrons. The van der Waals surface area contributed by atoms with E-state index in [1.54, 1.807) is 12.1 Å². The van der Waals surface area contributed by atoms with Crippen LogP contribution in [-0.2, 0) is 0 Å². The van der Waals surface area contributed by atoms with Gasteiger partial charge in [-0.2, -0.15) is 10.2 Å². The smallest absolute Gasteiger partial charge is 0.323 e. The van der Waals surface area contributed by atoms with E-state index >= 15 is 0 Å². The first-order valence-electron chi connectivity index (χ1n) is 5.46. The number of para-hydroxylation sites is 2. The third kappa shape index (κ3) is 2.74. The first-order chi connectivity index (χ1) is 8.83. The van der Waals surface area contributed by atoms with Crippen LogP contribution in [0.5, 0.6) is 17.5 Å². The summed E-state index contributed by atoms with van der Waals surface area (Å²) in [6.45, 7) is 2.43. The molecule has 2 rings (SSSR count). The van der Waals surface area contributed by atoms with Gasteiger partial charge in [-0.3, -0.25) is 0 Å². The van der Waals surface area contributed by atoms with Crippen molar-refractivity contribution in [3.63, 3.8) is 0 Å². The standard InChI is InChI=1S/C13H11N3O2/c1-2-17-11-5-3-4-6-12(11)18-13-15-8-7-10(9-14)16-13/h3-8H,2H2,1H3. The second kappa shape index (κ2) is 5.64. The van der Waals surface area contributed by atoms with E-state index in [0.29, 0.717) is 18.1 Å². The van der Waals surface area contributed by atoms with Crippen molar-refractivity contribution >= 4 is 0 Å². The van der Waals surface area contributed by atoms with Crippen molar-refractivity contribution in [3.05, 3.63) is 42.2 Å². The number of hydrogen-bond donors (Lipinski definition) is 0. The Labute approximate surface area is 105 Å². The monoisotopic (exact) mass is 241 g/mol. The number of ether oxygens (including phenoxy) is 2. The molecule has 0 radical (unpaired) electrons. The molecule has 0 spiro atoms. The van der Waals surface area contributed by atoms with Gasteiger partial charge in [0.2, 0.25) is 0 Å². The van der Waals surface area contributed by atoms with E-state index in [0.717, 1.165) is 0 Å². The van der Waals surface area contributed by atoms with Crippen LogP contribution in [0.1, 0.15) is 12.6 Å². The van der Waals surface area contributed by atoms with Gasteiger partial charge in [0.25, 0.3) is 0 Å². The number of nitrogens with zero attached hydrogens (tertiary/aromatic N) is 3. The maximum Gasteiger partial charge on any atom is 0.323 e. The van der Waals surface area contributed by atoms with Crippen molar-refractivity contribution < 1.29 is 9.47 Å². The Morgan fingerprint density at radius 2 is 2.00 bits per heavy atom. The molecule has 0 saturated heterocycles. The van der Waals surface area contributed by atoms with Crippen LogP contribution in [0.25, 0.3) is 0 Å². The molecule has 0 aliphatic heterocycles. The van der Waals surface area contributed by atoms with Gasteiger partial charge in [-0.1, -0.05) is 12.1 Å². The molecule has 0 N–H and O–H groups in total. The van der Waals surface area contributed by atoms with Crippen LogP contribution in [0.3, 0.4) is 0 Å². The third-order valence-corrected chi connectivity index (χ3v) is 2.10. The van der Waals surface area contributed by atoms with Crippen LogP contribution in [-0.4, -0.2) is 16.6 Å². The molecule has 18 heavy (non-hydrogen) atoms. The molecule has 0 aliphatic carbocycles. The fraction of sp³-hybridized carbons (Fsp3) is 0.154. The van der Waals surface area contributed by atoms with E-state index in [1.807, 2.05) is 25.1 Å². The van der Waals surface area contributed by atoms with Crippen molar-refractivity contribution in [2.24, 2.45) is 0 Å². The van der Waals surface area contributed by atoms with Crippen LogP contribution in [0.4, 0.5) is 0 Å². The predicted molar refractivity (Wildman–Crippen MR) is 64.4 cm³/mol. The molecule has 1 aromatic carbocycles. The number of hydrogen-bond acceptors (Lipinski definition) is 5. The van der Waals surface area contributed by atoms with Crippen molar-refractivity contribution in [1.82, 2.24) is 9.97 Å². The highest BCUT2D eigenvalue weighted by Gasteiger charge is 2.07. The Morgan fingerprint density at radius 1 is 1.22 bits per heavy atom. The molecule has 0 atom stereocenters. The van der Waals surface area contributed by atoms with Crippen LogP contribution in [0.2, 0.25) is 0 Å². The summed E-state index contributed by atoms with van der Waals surface area (Å²) in [5.41, 5.74) is 0.258. The fourth-order valence-electron chi connectivity index (χ4n) is 1.36. The van der Waals surface area contributed by atoms with Crippen LogP contribution >= 0.6 is 0 Å². The maximum atomic E-state index is 8.75. The second-order valence-corrected chi connectivity index (χ2v) is 3.32. The van der Waals surface area contributed by atoms with Gasteiger partial charge >= 0.3 is 6.01 Å². The lowest BCUT2D eigenvalue weighted by atomic mass is 10.3. The third-order valence-electron chi connectivity index (χ3n) is 2.10. The zero-order chi connectivity index (χ0) is 12.8. The largest absolute Gasteiger partial charge is 0.490 e. The average molecular weight is 241 g/mol. The molecule has 1 heterocycles. The zero-order valence-electron chi connectivity index (χ0n) is 9.83. The summed E-state index contributed by atoms with van der Waals surface area (Å²) in [5, 5.41) is 8.75. The maximum absolute atomic E-state index is 8.75. The van der Waals surface area contributed by atoms with E-state index in [2.05, 4.69) is 9.97 Å². The first kappa shape index (κ1) is 11.9. The summed E-state index contributed by atoms with van der Waals surface area (Å²) in [5.74, 6) is 1.14. The molecular formula is C13H11N3O2. The predicted octanol–water partition coefficient (Wildman–Crippen LogP) is 2.54. The molecule has 2 aromatic rings. The summed E-state index contributed by atoms with van der Waals surface area (Å²) in [4.78, 5) is 7.88. The van der Waals surface area contributed by atoms with Gasteiger partial charge in [0.05, 0.1) is 6.61 Å². The lowest BCUT2D eigenvalue weighted by molar-refractivity contribution is 0.317. The van der Waals surface area contributed by atoms with E-state index in [4.69, 9.17) is 14.7 Å². The SMILES string of the molecule is CCOc1ccccc1Oc1nccc(C#N)n1. The van der Waals surface area contributed by atoms with Crippen LogP contribution < -0.4 is 9.47 Å². The molecular weight excluding hydrogens is 230 g/mol.